The first-order chi connectivity index (χ1) is 9.19. The first kappa shape index (κ1) is 15.4. The zero-order valence-corrected chi connectivity index (χ0v) is 11.7. The number of hydrogen-bond acceptors (Lipinski definition) is 5. The first-order valence-electron chi connectivity index (χ1n) is 6.02. The number of rotatable bonds is 9. The number of anilines is 1. The molecule has 0 bridgehead atoms. The lowest BCUT2D eigenvalue weighted by Gasteiger charge is -2.09. The molecule has 104 valence electrons. The van der Waals surface area contributed by atoms with Crippen LogP contribution in [0, 0.1) is 10.1 Å². The van der Waals surface area contributed by atoms with E-state index in [4.69, 9.17) is 4.74 Å². The van der Waals surface area contributed by atoms with Gasteiger partial charge in [0.1, 0.15) is 0 Å². The van der Waals surface area contributed by atoms with Crippen molar-refractivity contribution in [2.75, 3.05) is 30.0 Å². The van der Waals surface area contributed by atoms with Gasteiger partial charge in [-0.1, -0.05) is 6.08 Å². The molecule has 1 rings (SSSR count). The van der Waals surface area contributed by atoms with Gasteiger partial charge in [-0.2, -0.15) is 11.8 Å². The number of nitrogens with zero attached hydrogens (tertiary/aromatic N) is 1. The standard InChI is InChI=1S/C13H18N2O3S/c1-3-8-19-9-7-14-11-5-6-12(15(16)17)13(10-11)18-4-2/h3,5-6,10,14H,1,4,7-9H2,2H3. The normalized spacial score (nSPS) is 9.95. The van der Waals surface area contributed by atoms with E-state index in [1.165, 1.54) is 6.07 Å². The zero-order chi connectivity index (χ0) is 14.1. The second-order valence-corrected chi connectivity index (χ2v) is 4.81. The smallest absolute Gasteiger partial charge is 0.311 e. The van der Waals surface area contributed by atoms with Crippen molar-refractivity contribution in [3.05, 3.63) is 41.0 Å². The Kier molecular flexibility index (Phi) is 6.81. The highest BCUT2D eigenvalue weighted by Gasteiger charge is 2.14. The van der Waals surface area contributed by atoms with Gasteiger partial charge in [-0.05, 0) is 13.0 Å². The van der Waals surface area contributed by atoms with Crippen LogP contribution in [0.2, 0.25) is 0 Å². The highest BCUT2D eigenvalue weighted by atomic mass is 32.2. The molecule has 0 saturated heterocycles. The predicted octanol–water partition coefficient (Wildman–Crippen LogP) is 3.32. The molecule has 5 nitrogen and oxygen atoms in total. The molecular formula is C13H18N2O3S. The van der Waals surface area contributed by atoms with Crippen LogP contribution in [0.15, 0.2) is 30.9 Å². The lowest BCUT2D eigenvalue weighted by molar-refractivity contribution is -0.385. The molecule has 1 aromatic carbocycles. The van der Waals surface area contributed by atoms with Crippen molar-refractivity contribution in [1.82, 2.24) is 0 Å². The Morgan fingerprint density at radius 1 is 1.58 bits per heavy atom. The van der Waals surface area contributed by atoms with Crippen LogP contribution in [0.5, 0.6) is 5.75 Å². The van der Waals surface area contributed by atoms with Gasteiger partial charge in [0.2, 0.25) is 0 Å². The fraction of sp³-hybridized carbons (Fsp3) is 0.385. The van der Waals surface area contributed by atoms with Gasteiger partial charge >= 0.3 is 5.69 Å². The van der Waals surface area contributed by atoms with Crippen molar-refractivity contribution in [3.63, 3.8) is 0 Å². The van der Waals surface area contributed by atoms with Gasteiger partial charge in [-0.25, -0.2) is 0 Å². The SMILES string of the molecule is C=CCSCCNc1ccc([N+](=O)[O-])c(OCC)c1. The first-order valence-corrected chi connectivity index (χ1v) is 7.18. The molecule has 0 aliphatic heterocycles. The van der Waals surface area contributed by atoms with Crippen molar-refractivity contribution < 1.29 is 9.66 Å². The van der Waals surface area contributed by atoms with E-state index in [1.54, 1.807) is 30.8 Å². The number of benzene rings is 1. The summed E-state index contributed by atoms with van der Waals surface area (Å²) in [5.41, 5.74) is 0.821. The molecule has 0 saturated carbocycles. The maximum atomic E-state index is 10.8. The van der Waals surface area contributed by atoms with Gasteiger partial charge in [0.15, 0.2) is 5.75 Å². The van der Waals surface area contributed by atoms with Crippen molar-refractivity contribution >= 4 is 23.1 Å². The molecule has 1 aromatic rings. The van der Waals surface area contributed by atoms with E-state index in [1.807, 2.05) is 6.08 Å². The minimum absolute atomic E-state index is 0.00608. The Morgan fingerprint density at radius 3 is 3.00 bits per heavy atom. The number of thioether (sulfide) groups is 1. The zero-order valence-electron chi connectivity index (χ0n) is 10.9. The minimum Gasteiger partial charge on any atom is -0.487 e. The number of ether oxygens (including phenoxy) is 1. The van der Waals surface area contributed by atoms with E-state index >= 15 is 0 Å². The van der Waals surface area contributed by atoms with E-state index in [0.717, 1.165) is 23.7 Å². The third kappa shape index (κ3) is 5.21. The summed E-state index contributed by atoms with van der Waals surface area (Å²) in [6, 6.07) is 4.82. The summed E-state index contributed by atoms with van der Waals surface area (Å²) in [5, 5.41) is 14.0. The van der Waals surface area contributed by atoms with Crippen LogP contribution in [-0.4, -0.2) is 29.6 Å². The number of hydrogen-bond donors (Lipinski definition) is 1. The van der Waals surface area contributed by atoms with E-state index in [2.05, 4.69) is 11.9 Å². The highest BCUT2D eigenvalue weighted by Crippen LogP contribution is 2.30. The van der Waals surface area contributed by atoms with E-state index in [0.29, 0.717) is 12.4 Å². The van der Waals surface area contributed by atoms with Gasteiger partial charge < -0.3 is 10.1 Å². The lowest BCUT2D eigenvalue weighted by Crippen LogP contribution is -2.05. The van der Waals surface area contributed by atoms with Crippen LogP contribution in [0.1, 0.15) is 6.92 Å². The lowest BCUT2D eigenvalue weighted by atomic mass is 10.2. The molecule has 19 heavy (non-hydrogen) atoms. The Bertz CT molecular complexity index is 438. The summed E-state index contributed by atoms with van der Waals surface area (Å²) in [7, 11) is 0. The molecule has 0 unspecified atom stereocenters. The van der Waals surface area contributed by atoms with Crippen LogP contribution in [0.25, 0.3) is 0 Å². The molecular weight excluding hydrogens is 264 g/mol. The maximum absolute atomic E-state index is 10.8. The molecule has 0 fully saturated rings. The molecule has 0 aliphatic carbocycles. The summed E-state index contributed by atoms with van der Waals surface area (Å²) >= 11 is 1.77. The molecule has 0 spiro atoms. The summed E-state index contributed by atoms with van der Waals surface area (Å²) < 4.78 is 5.28. The molecule has 0 radical (unpaired) electrons. The Labute approximate surface area is 117 Å². The van der Waals surface area contributed by atoms with Crippen LogP contribution in [-0.2, 0) is 0 Å². The third-order valence-corrected chi connectivity index (χ3v) is 3.23. The van der Waals surface area contributed by atoms with Gasteiger partial charge in [-0.15, -0.1) is 6.58 Å². The Morgan fingerprint density at radius 2 is 2.37 bits per heavy atom. The van der Waals surface area contributed by atoms with Crippen molar-refractivity contribution in [2.24, 2.45) is 0 Å². The van der Waals surface area contributed by atoms with Crippen molar-refractivity contribution in [3.8, 4) is 5.75 Å². The van der Waals surface area contributed by atoms with Gasteiger partial charge in [0, 0.05) is 35.9 Å². The largest absolute Gasteiger partial charge is 0.487 e. The average Bonchev–Trinajstić information content (AvgIpc) is 2.39. The molecule has 6 heteroatoms. The molecule has 0 aliphatic rings. The van der Waals surface area contributed by atoms with Crippen molar-refractivity contribution in [2.45, 2.75) is 6.92 Å². The number of nitrogens with one attached hydrogen (secondary N) is 1. The van der Waals surface area contributed by atoms with Crippen LogP contribution < -0.4 is 10.1 Å². The van der Waals surface area contributed by atoms with E-state index in [9.17, 15) is 10.1 Å². The molecule has 0 atom stereocenters. The second-order valence-electron chi connectivity index (χ2n) is 3.66. The van der Waals surface area contributed by atoms with E-state index in [-0.39, 0.29) is 5.69 Å². The molecule has 0 amide bonds. The summed E-state index contributed by atoms with van der Waals surface area (Å²) in [4.78, 5) is 10.4. The molecule has 0 heterocycles. The van der Waals surface area contributed by atoms with Crippen molar-refractivity contribution in [1.29, 1.82) is 0 Å². The topological polar surface area (TPSA) is 64.4 Å². The quantitative estimate of drug-likeness (QED) is 0.326. The van der Waals surface area contributed by atoms with Crippen LogP contribution >= 0.6 is 11.8 Å². The number of nitro groups is 1. The minimum atomic E-state index is -0.436. The number of nitro benzene ring substituents is 1. The van der Waals surface area contributed by atoms with Crippen LogP contribution in [0.3, 0.4) is 0 Å². The third-order valence-electron chi connectivity index (χ3n) is 2.27. The van der Waals surface area contributed by atoms with Gasteiger partial charge in [-0.3, -0.25) is 10.1 Å². The Hall–Kier alpha value is -1.69. The fourth-order valence-corrected chi connectivity index (χ4v) is 2.06. The van der Waals surface area contributed by atoms with Crippen LogP contribution in [0.4, 0.5) is 11.4 Å². The monoisotopic (exact) mass is 282 g/mol. The second kappa shape index (κ2) is 8.42. The van der Waals surface area contributed by atoms with E-state index < -0.39 is 4.92 Å². The van der Waals surface area contributed by atoms with Gasteiger partial charge in [0.25, 0.3) is 0 Å². The summed E-state index contributed by atoms with van der Waals surface area (Å²) in [5.74, 6) is 2.18. The predicted molar refractivity (Wildman–Crippen MR) is 80.3 cm³/mol. The molecule has 1 N–H and O–H groups in total. The fourth-order valence-electron chi connectivity index (χ4n) is 1.48. The Balaban J connectivity index is 2.62. The highest BCUT2D eigenvalue weighted by molar-refractivity contribution is 7.99. The summed E-state index contributed by atoms with van der Waals surface area (Å²) in [6.07, 6.45) is 1.86. The molecule has 0 aromatic heterocycles. The van der Waals surface area contributed by atoms with Gasteiger partial charge in [0.05, 0.1) is 11.5 Å². The average molecular weight is 282 g/mol. The maximum Gasteiger partial charge on any atom is 0.311 e. The summed E-state index contributed by atoms with van der Waals surface area (Å²) in [6.45, 7) is 6.65.